The van der Waals surface area contributed by atoms with Crippen LogP contribution in [0.1, 0.15) is 15.9 Å². The summed E-state index contributed by atoms with van der Waals surface area (Å²) >= 11 is 1.43. The van der Waals surface area contributed by atoms with Crippen molar-refractivity contribution >= 4 is 44.2 Å². The molecule has 4 aromatic rings. The van der Waals surface area contributed by atoms with E-state index in [9.17, 15) is 9.59 Å². The Morgan fingerprint density at radius 1 is 0.969 bits per heavy atom. The fraction of sp³-hybridized carbons (Fsp3) is 0.125. The van der Waals surface area contributed by atoms with Crippen molar-refractivity contribution in [2.45, 2.75) is 6.92 Å². The number of fused-ring (bicyclic) bond motifs is 1. The van der Waals surface area contributed by atoms with Crippen molar-refractivity contribution in [1.82, 2.24) is 4.98 Å². The van der Waals surface area contributed by atoms with Gasteiger partial charge in [-0.05, 0) is 55.0 Å². The van der Waals surface area contributed by atoms with Crippen molar-refractivity contribution < 1.29 is 19.1 Å². The molecule has 8 heteroatoms. The summed E-state index contributed by atoms with van der Waals surface area (Å²) in [7, 11) is 1.56. The lowest BCUT2D eigenvalue weighted by Crippen LogP contribution is -2.20. The Morgan fingerprint density at radius 3 is 2.50 bits per heavy atom. The van der Waals surface area contributed by atoms with Gasteiger partial charge in [-0.3, -0.25) is 14.9 Å². The number of anilines is 2. The molecule has 0 unspecified atom stereocenters. The number of carbonyl (C=O) groups is 2. The first-order valence-electron chi connectivity index (χ1n) is 9.86. The van der Waals surface area contributed by atoms with Crippen LogP contribution in [-0.4, -0.2) is 30.5 Å². The predicted octanol–water partition coefficient (Wildman–Crippen LogP) is 4.88. The molecule has 2 amide bonds. The molecule has 0 aliphatic carbocycles. The van der Waals surface area contributed by atoms with Gasteiger partial charge >= 0.3 is 0 Å². The monoisotopic (exact) mass is 447 g/mol. The summed E-state index contributed by atoms with van der Waals surface area (Å²) in [5.41, 5.74) is 3.05. The first-order chi connectivity index (χ1) is 15.5. The van der Waals surface area contributed by atoms with Gasteiger partial charge in [-0.1, -0.05) is 29.5 Å². The number of nitrogens with zero attached hydrogens (tertiary/aromatic N) is 1. The molecule has 162 valence electrons. The Balaban J connectivity index is 1.32. The smallest absolute Gasteiger partial charge is 0.262 e. The largest absolute Gasteiger partial charge is 0.497 e. The summed E-state index contributed by atoms with van der Waals surface area (Å²) in [6.45, 7) is 1.83. The number of benzene rings is 3. The second kappa shape index (κ2) is 9.49. The van der Waals surface area contributed by atoms with Crippen LogP contribution in [0, 0.1) is 6.92 Å². The van der Waals surface area contributed by atoms with E-state index in [4.69, 9.17) is 9.47 Å². The van der Waals surface area contributed by atoms with E-state index >= 15 is 0 Å². The summed E-state index contributed by atoms with van der Waals surface area (Å²) < 4.78 is 11.7. The van der Waals surface area contributed by atoms with E-state index < -0.39 is 0 Å². The quantitative estimate of drug-likeness (QED) is 0.421. The zero-order valence-corrected chi connectivity index (χ0v) is 18.4. The Morgan fingerprint density at radius 2 is 1.75 bits per heavy atom. The van der Waals surface area contributed by atoms with Gasteiger partial charge < -0.3 is 14.8 Å². The lowest BCUT2D eigenvalue weighted by molar-refractivity contribution is -0.118. The third kappa shape index (κ3) is 5.04. The predicted molar refractivity (Wildman–Crippen MR) is 126 cm³/mol. The molecule has 0 aliphatic rings. The molecule has 1 heterocycles. The normalized spacial score (nSPS) is 10.6. The van der Waals surface area contributed by atoms with Gasteiger partial charge in [0.25, 0.3) is 11.8 Å². The van der Waals surface area contributed by atoms with Gasteiger partial charge in [-0.15, -0.1) is 0 Å². The maximum absolute atomic E-state index is 12.5. The SMILES string of the molecule is COc1cccc(NC(=O)COc2ccc(C(=O)Nc3nc4c(C)cccc4s3)cc2)c1. The molecule has 0 saturated carbocycles. The highest BCUT2D eigenvalue weighted by Gasteiger charge is 2.11. The number of carbonyl (C=O) groups excluding carboxylic acids is 2. The Hall–Kier alpha value is -3.91. The van der Waals surface area contributed by atoms with Gasteiger partial charge in [0.1, 0.15) is 11.5 Å². The Bertz CT molecular complexity index is 1270. The van der Waals surface area contributed by atoms with Crippen LogP contribution in [0.15, 0.2) is 66.7 Å². The number of para-hydroxylation sites is 1. The van der Waals surface area contributed by atoms with Gasteiger partial charge in [0.15, 0.2) is 11.7 Å². The van der Waals surface area contributed by atoms with Crippen LogP contribution in [0.4, 0.5) is 10.8 Å². The fourth-order valence-corrected chi connectivity index (χ4v) is 4.00. The van der Waals surface area contributed by atoms with Crippen LogP contribution in [0.25, 0.3) is 10.2 Å². The van der Waals surface area contributed by atoms with Gasteiger partial charge in [-0.2, -0.15) is 0 Å². The van der Waals surface area contributed by atoms with Gasteiger partial charge in [-0.25, -0.2) is 4.98 Å². The van der Waals surface area contributed by atoms with Crippen LogP contribution in [-0.2, 0) is 4.79 Å². The summed E-state index contributed by atoms with van der Waals surface area (Å²) in [5.74, 6) is 0.576. The molecule has 0 fully saturated rings. The molecule has 7 nitrogen and oxygen atoms in total. The minimum Gasteiger partial charge on any atom is -0.497 e. The number of ether oxygens (including phenoxy) is 2. The standard InChI is InChI=1S/C24H21N3O4S/c1-15-5-3-8-20-22(15)26-24(32-20)27-23(29)16-9-11-18(12-10-16)31-14-21(28)25-17-6-4-7-19(13-17)30-2/h3-13H,14H2,1-2H3,(H,25,28)(H,26,27,29). The molecule has 0 saturated heterocycles. The average Bonchev–Trinajstić information content (AvgIpc) is 3.22. The van der Waals surface area contributed by atoms with E-state index in [0.29, 0.717) is 27.9 Å². The Labute approximate surface area is 189 Å². The van der Waals surface area contributed by atoms with E-state index in [-0.39, 0.29) is 18.4 Å². The van der Waals surface area contributed by atoms with Crippen LogP contribution < -0.4 is 20.1 Å². The molecule has 0 aliphatic heterocycles. The van der Waals surface area contributed by atoms with E-state index in [1.807, 2.05) is 25.1 Å². The van der Waals surface area contributed by atoms with Gasteiger partial charge in [0, 0.05) is 17.3 Å². The maximum atomic E-state index is 12.5. The summed E-state index contributed by atoms with van der Waals surface area (Å²) in [5, 5.41) is 6.13. The first kappa shape index (κ1) is 21.3. The van der Waals surface area contributed by atoms with E-state index in [0.717, 1.165) is 15.8 Å². The Kier molecular flexibility index (Phi) is 6.32. The van der Waals surface area contributed by atoms with Crippen molar-refractivity contribution in [3.63, 3.8) is 0 Å². The number of hydrogen-bond donors (Lipinski definition) is 2. The van der Waals surface area contributed by atoms with Crippen molar-refractivity contribution in [2.24, 2.45) is 0 Å². The number of rotatable bonds is 7. The summed E-state index contributed by atoms with van der Waals surface area (Å²) in [6, 6.07) is 19.6. The minimum absolute atomic E-state index is 0.159. The lowest BCUT2D eigenvalue weighted by atomic mass is 10.2. The minimum atomic E-state index is -0.300. The second-order valence-electron chi connectivity index (χ2n) is 6.99. The van der Waals surface area contributed by atoms with E-state index in [2.05, 4.69) is 15.6 Å². The molecule has 0 radical (unpaired) electrons. The number of thiazole rings is 1. The number of nitrogens with one attached hydrogen (secondary N) is 2. The molecule has 3 aromatic carbocycles. The highest BCUT2D eigenvalue weighted by atomic mass is 32.1. The number of aromatic nitrogens is 1. The molecule has 1 aromatic heterocycles. The number of hydrogen-bond acceptors (Lipinski definition) is 6. The van der Waals surface area contributed by atoms with Crippen molar-refractivity contribution in [1.29, 1.82) is 0 Å². The van der Waals surface area contributed by atoms with Gasteiger partial charge in [0.2, 0.25) is 0 Å². The third-order valence-corrected chi connectivity index (χ3v) is 5.62. The summed E-state index contributed by atoms with van der Waals surface area (Å²) in [6.07, 6.45) is 0. The molecule has 2 N–H and O–H groups in total. The number of methoxy groups -OCH3 is 1. The van der Waals surface area contributed by atoms with E-state index in [1.54, 1.807) is 55.6 Å². The van der Waals surface area contributed by atoms with Crippen LogP contribution in [0.3, 0.4) is 0 Å². The molecule has 0 spiro atoms. The average molecular weight is 448 g/mol. The molecule has 32 heavy (non-hydrogen) atoms. The van der Waals surface area contributed by atoms with Gasteiger partial charge in [0.05, 0.1) is 17.3 Å². The molecule has 0 bridgehead atoms. The topological polar surface area (TPSA) is 89.5 Å². The van der Waals surface area contributed by atoms with E-state index in [1.165, 1.54) is 11.3 Å². The molecular formula is C24H21N3O4S. The molecular weight excluding hydrogens is 426 g/mol. The number of aryl methyl sites for hydroxylation is 1. The van der Waals surface area contributed by atoms with Crippen molar-refractivity contribution in [2.75, 3.05) is 24.4 Å². The molecule has 0 atom stereocenters. The fourth-order valence-electron chi connectivity index (χ4n) is 3.06. The van der Waals surface area contributed by atoms with Crippen LogP contribution >= 0.6 is 11.3 Å². The zero-order valence-electron chi connectivity index (χ0n) is 17.5. The van der Waals surface area contributed by atoms with Crippen molar-refractivity contribution in [3.8, 4) is 11.5 Å². The van der Waals surface area contributed by atoms with Crippen LogP contribution in [0.2, 0.25) is 0 Å². The zero-order chi connectivity index (χ0) is 22.5. The first-order valence-corrected chi connectivity index (χ1v) is 10.7. The lowest BCUT2D eigenvalue weighted by Gasteiger charge is -2.09. The van der Waals surface area contributed by atoms with Crippen LogP contribution in [0.5, 0.6) is 11.5 Å². The highest BCUT2D eigenvalue weighted by Crippen LogP contribution is 2.28. The summed E-state index contributed by atoms with van der Waals surface area (Å²) in [4.78, 5) is 29.2. The highest BCUT2D eigenvalue weighted by molar-refractivity contribution is 7.22. The van der Waals surface area contributed by atoms with Crippen molar-refractivity contribution in [3.05, 3.63) is 77.9 Å². The maximum Gasteiger partial charge on any atom is 0.262 e. The number of amides is 2. The third-order valence-electron chi connectivity index (χ3n) is 4.68. The second-order valence-corrected chi connectivity index (χ2v) is 8.02. The molecule has 4 rings (SSSR count).